The highest BCUT2D eigenvalue weighted by Gasteiger charge is 2.38. The molecular formula is C48H43N3. The van der Waals surface area contributed by atoms with E-state index in [0.29, 0.717) is 0 Å². The van der Waals surface area contributed by atoms with Gasteiger partial charge in [-0.2, -0.15) is 0 Å². The molecule has 1 aromatic heterocycles. The number of hydrogen-bond donors (Lipinski definition) is 1. The summed E-state index contributed by atoms with van der Waals surface area (Å²) in [6.07, 6.45) is 9.07. The zero-order chi connectivity index (χ0) is 34.5. The van der Waals surface area contributed by atoms with Gasteiger partial charge in [0.2, 0.25) is 0 Å². The molecule has 0 bridgehead atoms. The SMILES string of the molecule is CC1(C)CCC(C)(C)c2cc3c(cc21)c1c2ccccc2ccc1n3-c1ccc(C2=NC(c3ccccc3)=C3C=CCCC3N2)c2ccccc12. The number of allylic oxidation sites excluding steroid dienone is 1. The lowest BCUT2D eigenvalue weighted by molar-refractivity contribution is 0.332. The van der Waals surface area contributed by atoms with Gasteiger partial charge in [0.05, 0.1) is 28.5 Å². The molecule has 6 aromatic carbocycles. The monoisotopic (exact) mass is 661 g/mol. The summed E-state index contributed by atoms with van der Waals surface area (Å²) < 4.78 is 2.55. The van der Waals surface area contributed by atoms with Crippen molar-refractivity contribution in [2.45, 2.75) is 70.3 Å². The molecule has 7 aromatic rings. The number of aromatic nitrogens is 1. The number of amidine groups is 1. The van der Waals surface area contributed by atoms with Crippen molar-refractivity contribution in [3.63, 3.8) is 0 Å². The third kappa shape index (κ3) is 4.60. The molecule has 3 aliphatic rings. The van der Waals surface area contributed by atoms with Gasteiger partial charge in [0.1, 0.15) is 5.84 Å². The molecule has 1 N–H and O–H groups in total. The Kier molecular flexibility index (Phi) is 6.59. The van der Waals surface area contributed by atoms with E-state index in [0.717, 1.165) is 35.5 Å². The zero-order valence-corrected chi connectivity index (χ0v) is 29.9. The fourth-order valence-corrected chi connectivity index (χ4v) is 9.27. The highest BCUT2D eigenvalue weighted by molar-refractivity contribution is 6.22. The summed E-state index contributed by atoms with van der Waals surface area (Å²) in [6, 6.07) is 43.1. The van der Waals surface area contributed by atoms with Gasteiger partial charge in [0, 0.05) is 32.9 Å². The van der Waals surface area contributed by atoms with E-state index in [9.17, 15) is 0 Å². The van der Waals surface area contributed by atoms with Gasteiger partial charge in [0.25, 0.3) is 0 Å². The van der Waals surface area contributed by atoms with Gasteiger partial charge in [-0.1, -0.05) is 125 Å². The fraction of sp³-hybridized carbons (Fsp3) is 0.229. The van der Waals surface area contributed by atoms with Gasteiger partial charge >= 0.3 is 0 Å². The lowest BCUT2D eigenvalue weighted by Gasteiger charge is -2.42. The summed E-state index contributed by atoms with van der Waals surface area (Å²) in [5.41, 5.74) is 11.6. The Bertz CT molecular complexity index is 2660. The number of nitrogens with zero attached hydrogens (tertiary/aromatic N) is 2. The molecule has 0 saturated carbocycles. The van der Waals surface area contributed by atoms with Crippen LogP contribution < -0.4 is 5.32 Å². The van der Waals surface area contributed by atoms with Crippen molar-refractivity contribution in [2.24, 2.45) is 4.99 Å². The summed E-state index contributed by atoms with van der Waals surface area (Å²) in [6.45, 7) is 9.74. The molecule has 250 valence electrons. The van der Waals surface area contributed by atoms with Crippen molar-refractivity contribution in [3.8, 4) is 5.69 Å². The largest absolute Gasteiger partial charge is 0.363 e. The second kappa shape index (κ2) is 11.0. The lowest BCUT2D eigenvalue weighted by Crippen LogP contribution is -2.40. The first kappa shape index (κ1) is 30.4. The van der Waals surface area contributed by atoms with Crippen LogP contribution in [0.25, 0.3) is 54.7 Å². The second-order valence-electron chi connectivity index (χ2n) is 16.2. The van der Waals surface area contributed by atoms with Gasteiger partial charge in [-0.3, -0.25) is 0 Å². The molecule has 1 aliphatic heterocycles. The maximum Gasteiger partial charge on any atom is 0.135 e. The maximum atomic E-state index is 5.39. The van der Waals surface area contributed by atoms with Crippen molar-refractivity contribution in [1.29, 1.82) is 0 Å². The van der Waals surface area contributed by atoms with Crippen LogP contribution in [0.1, 0.15) is 75.6 Å². The number of nitrogens with one attached hydrogen (secondary N) is 1. The Labute approximate surface area is 300 Å². The summed E-state index contributed by atoms with van der Waals surface area (Å²) in [5, 5.41) is 11.6. The van der Waals surface area contributed by atoms with E-state index in [4.69, 9.17) is 4.99 Å². The van der Waals surface area contributed by atoms with Gasteiger partial charge in [-0.15, -0.1) is 0 Å². The molecule has 0 fully saturated rings. The van der Waals surface area contributed by atoms with Crippen LogP contribution in [0.2, 0.25) is 0 Å². The van der Waals surface area contributed by atoms with Crippen LogP contribution in [-0.4, -0.2) is 16.4 Å². The number of benzene rings is 6. The Hall–Kier alpha value is -5.41. The van der Waals surface area contributed by atoms with Crippen LogP contribution >= 0.6 is 0 Å². The third-order valence-corrected chi connectivity index (χ3v) is 12.2. The zero-order valence-electron chi connectivity index (χ0n) is 29.9. The standard InChI is InChI=1S/C48H43N3/c1-47(2)26-27-48(3,4)39-29-43-37(28-38(39)47)44-32-17-9-8-14-30(32)22-24-42(44)51(43)41-25-23-35(33-18-10-11-19-34(33)41)46-49-40-21-13-12-20-36(40)45(50-46)31-15-6-5-7-16-31/h5-12,14-20,22-25,28-29,40H,13,21,26-27H2,1-4H3,(H,49,50). The third-order valence-electron chi connectivity index (χ3n) is 12.2. The van der Waals surface area contributed by atoms with Crippen LogP contribution in [0.15, 0.2) is 138 Å². The Balaban J connectivity index is 1.25. The van der Waals surface area contributed by atoms with Gasteiger partial charge in [0.15, 0.2) is 0 Å². The molecule has 0 amide bonds. The van der Waals surface area contributed by atoms with Gasteiger partial charge in [-0.05, 0) is 94.1 Å². The predicted molar refractivity (Wildman–Crippen MR) is 216 cm³/mol. The topological polar surface area (TPSA) is 29.3 Å². The number of fused-ring (bicyclic) bond motifs is 8. The molecule has 3 heteroatoms. The Morgan fingerprint density at radius 3 is 2.18 bits per heavy atom. The van der Waals surface area contributed by atoms with Crippen LogP contribution in [0.5, 0.6) is 0 Å². The summed E-state index contributed by atoms with van der Waals surface area (Å²) in [7, 11) is 0. The lowest BCUT2D eigenvalue weighted by atomic mass is 9.63. The maximum absolute atomic E-state index is 5.39. The molecule has 2 aliphatic carbocycles. The van der Waals surface area contributed by atoms with Gasteiger partial charge in [-0.25, -0.2) is 4.99 Å². The molecule has 1 unspecified atom stereocenters. The fourth-order valence-electron chi connectivity index (χ4n) is 9.27. The van der Waals surface area contributed by atoms with E-state index in [-0.39, 0.29) is 16.9 Å². The summed E-state index contributed by atoms with van der Waals surface area (Å²) in [5.74, 6) is 0.951. The average molecular weight is 662 g/mol. The van der Waals surface area contributed by atoms with E-state index in [1.165, 1.54) is 78.6 Å². The van der Waals surface area contributed by atoms with Crippen LogP contribution in [0, 0.1) is 0 Å². The van der Waals surface area contributed by atoms with Crippen molar-refractivity contribution in [2.75, 3.05) is 0 Å². The normalized spacial score (nSPS) is 19.3. The number of rotatable bonds is 3. The smallest absolute Gasteiger partial charge is 0.135 e. The first-order chi connectivity index (χ1) is 24.8. The minimum atomic E-state index is 0.107. The van der Waals surface area contributed by atoms with Crippen molar-refractivity contribution in [3.05, 3.63) is 155 Å². The van der Waals surface area contributed by atoms with E-state index in [1.54, 1.807) is 0 Å². The molecule has 0 spiro atoms. The highest BCUT2D eigenvalue weighted by Crippen LogP contribution is 2.49. The van der Waals surface area contributed by atoms with Crippen molar-refractivity contribution in [1.82, 2.24) is 9.88 Å². The van der Waals surface area contributed by atoms with E-state index >= 15 is 0 Å². The molecule has 1 atom stereocenters. The van der Waals surface area contributed by atoms with E-state index < -0.39 is 0 Å². The van der Waals surface area contributed by atoms with Crippen LogP contribution in [0.4, 0.5) is 0 Å². The molecule has 2 heterocycles. The molecule has 51 heavy (non-hydrogen) atoms. The average Bonchev–Trinajstić information content (AvgIpc) is 3.49. The van der Waals surface area contributed by atoms with Crippen LogP contribution in [-0.2, 0) is 10.8 Å². The van der Waals surface area contributed by atoms with Crippen molar-refractivity contribution >= 4 is 54.9 Å². The molecule has 10 rings (SSSR count). The van der Waals surface area contributed by atoms with E-state index in [2.05, 4.69) is 165 Å². The predicted octanol–water partition coefficient (Wildman–Crippen LogP) is 11.9. The Morgan fingerprint density at radius 1 is 0.667 bits per heavy atom. The Morgan fingerprint density at radius 2 is 1.37 bits per heavy atom. The minimum absolute atomic E-state index is 0.107. The number of hydrogen-bond acceptors (Lipinski definition) is 2. The van der Waals surface area contributed by atoms with E-state index in [1.807, 2.05) is 0 Å². The van der Waals surface area contributed by atoms with Crippen molar-refractivity contribution < 1.29 is 0 Å². The number of aliphatic imine (C=N–C) groups is 1. The summed E-state index contributed by atoms with van der Waals surface area (Å²) >= 11 is 0. The minimum Gasteiger partial charge on any atom is -0.363 e. The molecule has 0 radical (unpaired) electrons. The highest BCUT2D eigenvalue weighted by atomic mass is 15.1. The van der Waals surface area contributed by atoms with Crippen LogP contribution in [0.3, 0.4) is 0 Å². The first-order valence-corrected chi connectivity index (χ1v) is 18.6. The molecule has 0 saturated heterocycles. The molecular weight excluding hydrogens is 619 g/mol. The first-order valence-electron chi connectivity index (χ1n) is 18.6. The summed E-state index contributed by atoms with van der Waals surface area (Å²) in [4.78, 5) is 5.39. The second-order valence-corrected chi connectivity index (χ2v) is 16.2. The van der Waals surface area contributed by atoms with Gasteiger partial charge < -0.3 is 9.88 Å². The quantitative estimate of drug-likeness (QED) is 0.201. The molecule has 3 nitrogen and oxygen atoms in total.